The fourth-order valence-electron chi connectivity index (χ4n) is 2.24. The molecule has 0 saturated heterocycles. The Bertz CT molecular complexity index is 675. The Hall–Kier alpha value is -2.76. The third-order valence-corrected chi connectivity index (χ3v) is 3.33. The van der Waals surface area contributed by atoms with Crippen molar-refractivity contribution in [1.29, 1.82) is 0 Å². The Morgan fingerprint density at radius 1 is 1.36 bits per heavy atom. The van der Waals surface area contributed by atoms with Crippen molar-refractivity contribution in [2.24, 2.45) is 0 Å². The number of aromatic nitrogens is 1. The number of fused-ring (bicyclic) bond motifs is 1. The quantitative estimate of drug-likeness (QED) is 0.863. The van der Waals surface area contributed by atoms with Crippen molar-refractivity contribution in [3.63, 3.8) is 0 Å². The molecule has 0 N–H and O–H groups in total. The number of hydrogen-bond acceptors (Lipinski definition) is 5. The molecule has 1 aromatic carbocycles. The number of methoxy groups -OCH3 is 1. The first kappa shape index (κ1) is 14.2. The number of rotatable bonds is 4. The van der Waals surface area contributed by atoms with Crippen molar-refractivity contribution in [2.45, 2.75) is 0 Å². The lowest BCUT2D eigenvalue weighted by Gasteiger charge is -2.28. The molecule has 0 aliphatic carbocycles. The molecule has 6 nitrogen and oxygen atoms in total. The van der Waals surface area contributed by atoms with E-state index >= 15 is 0 Å². The van der Waals surface area contributed by atoms with E-state index in [4.69, 9.17) is 14.2 Å². The van der Waals surface area contributed by atoms with E-state index in [1.54, 1.807) is 42.6 Å². The highest BCUT2D eigenvalue weighted by atomic mass is 16.5. The second kappa shape index (κ2) is 6.34. The molecule has 2 aromatic rings. The van der Waals surface area contributed by atoms with Crippen molar-refractivity contribution in [2.75, 3.05) is 31.8 Å². The molecule has 0 unspecified atom stereocenters. The van der Waals surface area contributed by atoms with Gasteiger partial charge in [0, 0.05) is 18.3 Å². The Balaban J connectivity index is 1.68. The first-order chi connectivity index (χ1) is 10.8. The minimum Gasteiger partial charge on any atom is -0.497 e. The highest BCUT2D eigenvalue weighted by Gasteiger charge is 2.24. The summed E-state index contributed by atoms with van der Waals surface area (Å²) in [6, 6.07) is 8.90. The fraction of sp³-hybridized carbons (Fsp3) is 0.250. The first-order valence-corrected chi connectivity index (χ1v) is 6.92. The number of amides is 1. The molecule has 3 rings (SSSR count). The van der Waals surface area contributed by atoms with Crippen molar-refractivity contribution in [3.05, 3.63) is 42.7 Å². The molecular formula is C16H16N2O4. The number of ether oxygens (including phenoxy) is 3. The molecule has 0 fully saturated rings. The topological polar surface area (TPSA) is 60.9 Å². The standard InChI is InChI=1S/C16H16N2O4/c1-20-12-3-2-4-13(9-12)22-11-16(19)18-7-8-21-15-5-6-17-10-14(15)18/h2-6,9-10H,7-8,11H2,1H3. The normalized spacial score (nSPS) is 13.0. The monoisotopic (exact) mass is 300 g/mol. The van der Waals surface area contributed by atoms with Crippen LogP contribution in [0.15, 0.2) is 42.7 Å². The predicted octanol–water partition coefficient (Wildman–Crippen LogP) is 1.89. The van der Waals surface area contributed by atoms with Gasteiger partial charge in [-0.15, -0.1) is 0 Å². The van der Waals surface area contributed by atoms with Gasteiger partial charge in [-0.05, 0) is 12.1 Å². The maximum Gasteiger partial charge on any atom is 0.265 e. The van der Waals surface area contributed by atoms with Gasteiger partial charge in [0.05, 0.1) is 19.9 Å². The first-order valence-electron chi connectivity index (χ1n) is 6.92. The summed E-state index contributed by atoms with van der Waals surface area (Å²) in [5.74, 6) is 1.80. The summed E-state index contributed by atoms with van der Waals surface area (Å²) < 4.78 is 16.2. The van der Waals surface area contributed by atoms with Gasteiger partial charge in [-0.1, -0.05) is 6.07 Å². The van der Waals surface area contributed by atoms with Crippen LogP contribution in [0.2, 0.25) is 0 Å². The van der Waals surface area contributed by atoms with Gasteiger partial charge in [0.15, 0.2) is 6.61 Å². The van der Waals surface area contributed by atoms with Crippen molar-refractivity contribution in [3.8, 4) is 17.2 Å². The molecule has 1 aromatic heterocycles. The molecule has 0 radical (unpaired) electrons. The Kier molecular flexibility index (Phi) is 4.09. The molecule has 1 amide bonds. The lowest BCUT2D eigenvalue weighted by Crippen LogP contribution is -2.40. The van der Waals surface area contributed by atoms with Gasteiger partial charge >= 0.3 is 0 Å². The Morgan fingerprint density at radius 3 is 3.09 bits per heavy atom. The summed E-state index contributed by atoms with van der Waals surface area (Å²) in [6.07, 6.45) is 3.26. The summed E-state index contributed by atoms with van der Waals surface area (Å²) in [6.45, 7) is 0.891. The lowest BCUT2D eigenvalue weighted by molar-refractivity contribution is -0.120. The van der Waals surface area contributed by atoms with Gasteiger partial charge in [-0.3, -0.25) is 9.78 Å². The largest absolute Gasteiger partial charge is 0.497 e. The molecule has 0 bridgehead atoms. The molecule has 2 heterocycles. The maximum absolute atomic E-state index is 12.4. The van der Waals surface area contributed by atoms with Crippen LogP contribution >= 0.6 is 0 Å². The van der Waals surface area contributed by atoms with E-state index in [0.29, 0.717) is 36.1 Å². The fourth-order valence-corrected chi connectivity index (χ4v) is 2.24. The number of hydrogen-bond donors (Lipinski definition) is 0. The average Bonchev–Trinajstić information content (AvgIpc) is 2.59. The third kappa shape index (κ3) is 2.95. The zero-order valence-corrected chi connectivity index (χ0v) is 12.2. The number of carbonyl (C=O) groups excluding carboxylic acids is 1. The number of pyridine rings is 1. The van der Waals surface area contributed by atoms with Crippen molar-refractivity contribution in [1.82, 2.24) is 4.98 Å². The van der Waals surface area contributed by atoms with E-state index in [2.05, 4.69) is 4.98 Å². The Morgan fingerprint density at radius 2 is 2.23 bits per heavy atom. The van der Waals surface area contributed by atoms with Crippen LogP contribution in [0.3, 0.4) is 0 Å². The van der Waals surface area contributed by atoms with Crippen LogP contribution in [0.5, 0.6) is 17.2 Å². The number of anilines is 1. The molecule has 0 atom stereocenters. The van der Waals surface area contributed by atoms with Crippen LogP contribution in [0.1, 0.15) is 0 Å². The molecule has 0 spiro atoms. The van der Waals surface area contributed by atoms with E-state index in [1.807, 2.05) is 12.1 Å². The van der Waals surface area contributed by atoms with Gasteiger partial charge in [-0.25, -0.2) is 0 Å². The highest BCUT2D eigenvalue weighted by Crippen LogP contribution is 2.30. The average molecular weight is 300 g/mol. The van der Waals surface area contributed by atoms with Gasteiger partial charge < -0.3 is 19.1 Å². The molecule has 1 aliphatic rings. The van der Waals surface area contributed by atoms with Crippen LogP contribution in [-0.4, -0.2) is 37.8 Å². The maximum atomic E-state index is 12.4. The van der Waals surface area contributed by atoms with E-state index in [9.17, 15) is 4.79 Å². The summed E-state index contributed by atoms with van der Waals surface area (Å²) in [5.41, 5.74) is 0.674. The van der Waals surface area contributed by atoms with Crippen molar-refractivity contribution >= 4 is 11.6 Å². The second-order valence-corrected chi connectivity index (χ2v) is 4.70. The highest BCUT2D eigenvalue weighted by molar-refractivity contribution is 5.96. The zero-order chi connectivity index (χ0) is 15.4. The lowest BCUT2D eigenvalue weighted by atomic mass is 10.3. The van der Waals surface area contributed by atoms with Gasteiger partial charge in [0.1, 0.15) is 29.5 Å². The summed E-state index contributed by atoms with van der Waals surface area (Å²) in [4.78, 5) is 18.0. The van der Waals surface area contributed by atoms with E-state index < -0.39 is 0 Å². The summed E-state index contributed by atoms with van der Waals surface area (Å²) in [5, 5.41) is 0. The van der Waals surface area contributed by atoms with Gasteiger partial charge in [-0.2, -0.15) is 0 Å². The molecule has 0 saturated carbocycles. The predicted molar refractivity (Wildman–Crippen MR) is 80.6 cm³/mol. The summed E-state index contributed by atoms with van der Waals surface area (Å²) >= 11 is 0. The Labute approximate surface area is 128 Å². The molecule has 1 aliphatic heterocycles. The van der Waals surface area contributed by atoms with Gasteiger partial charge in [0.2, 0.25) is 0 Å². The number of benzene rings is 1. The van der Waals surface area contributed by atoms with Crippen molar-refractivity contribution < 1.29 is 19.0 Å². The SMILES string of the molecule is COc1cccc(OCC(=O)N2CCOc3ccncc32)c1. The summed E-state index contributed by atoms with van der Waals surface area (Å²) in [7, 11) is 1.59. The minimum absolute atomic E-state index is 0.0541. The number of carbonyl (C=O) groups is 1. The van der Waals surface area contributed by atoms with E-state index in [1.165, 1.54) is 0 Å². The van der Waals surface area contributed by atoms with Crippen LogP contribution < -0.4 is 19.1 Å². The zero-order valence-electron chi connectivity index (χ0n) is 12.2. The molecular weight excluding hydrogens is 284 g/mol. The third-order valence-electron chi connectivity index (χ3n) is 3.33. The van der Waals surface area contributed by atoms with Crippen LogP contribution in [0.4, 0.5) is 5.69 Å². The van der Waals surface area contributed by atoms with E-state index in [0.717, 1.165) is 0 Å². The smallest absolute Gasteiger partial charge is 0.265 e. The van der Waals surface area contributed by atoms with Crippen LogP contribution in [0.25, 0.3) is 0 Å². The molecule has 6 heteroatoms. The number of nitrogens with zero attached hydrogens (tertiary/aromatic N) is 2. The van der Waals surface area contributed by atoms with Gasteiger partial charge in [0.25, 0.3) is 5.91 Å². The minimum atomic E-state index is -0.139. The second-order valence-electron chi connectivity index (χ2n) is 4.70. The molecule has 114 valence electrons. The van der Waals surface area contributed by atoms with Crippen LogP contribution in [-0.2, 0) is 4.79 Å². The molecule has 22 heavy (non-hydrogen) atoms. The van der Waals surface area contributed by atoms with Crippen LogP contribution in [0, 0.1) is 0 Å². The van der Waals surface area contributed by atoms with E-state index in [-0.39, 0.29) is 12.5 Å².